The lowest BCUT2D eigenvalue weighted by Gasteiger charge is -2.22. The van der Waals surface area contributed by atoms with Gasteiger partial charge >= 0.3 is 6.18 Å². The second kappa shape index (κ2) is 9.86. The number of hydrogen-bond donors (Lipinski definition) is 1. The number of amides is 1. The molecule has 0 saturated heterocycles. The van der Waals surface area contributed by atoms with Crippen LogP contribution in [0, 0.1) is 0 Å². The highest BCUT2D eigenvalue weighted by Gasteiger charge is 2.32. The highest BCUT2D eigenvalue weighted by Crippen LogP contribution is 2.31. The molecule has 6 nitrogen and oxygen atoms in total. The summed E-state index contributed by atoms with van der Waals surface area (Å²) in [5, 5.41) is 3.61. The molecule has 0 aliphatic carbocycles. The number of anilines is 1. The maximum absolute atomic E-state index is 13.0. The van der Waals surface area contributed by atoms with Gasteiger partial charge in [0.25, 0.3) is 5.91 Å². The molecule has 172 valence electrons. The summed E-state index contributed by atoms with van der Waals surface area (Å²) in [6.07, 6.45) is -2.54. The molecule has 0 aliphatic rings. The Bertz CT molecular complexity index is 1240. The minimum absolute atomic E-state index is 0.119. The molecular weight excluding hydrogens is 455 g/mol. The molecular formula is C23H20F3N3O3S. The Morgan fingerprint density at radius 1 is 0.970 bits per heavy atom. The number of nitrogens with zero attached hydrogens (tertiary/aromatic N) is 2. The molecule has 10 heteroatoms. The van der Waals surface area contributed by atoms with Crippen molar-refractivity contribution in [2.24, 2.45) is 5.10 Å². The van der Waals surface area contributed by atoms with E-state index in [2.05, 4.69) is 10.5 Å². The van der Waals surface area contributed by atoms with Gasteiger partial charge in [0.2, 0.25) is 10.0 Å². The second-order valence-corrected chi connectivity index (χ2v) is 8.99. The molecule has 1 amide bonds. The van der Waals surface area contributed by atoms with Gasteiger partial charge in [-0.15, -0.1) is 0 Å². The van der Waals surface area contributed by atoms with Crippen LogP contribution in [0.5, 0.6) is 0 Å². The molecule has 0 unspecified atom stereocenters. The van der Waals surface area contributed by atoms with Crippen LogP contribution in [0.2, 0.25) is 0 Å². The van der Waals surface area contributed by atoms with Crippen LogP contribution in [0.15, 0.2) is 84.0 Å². The van der Waals surface area contributed by atoms with E-state index in [1.165, 1.54) is 46.8 Å². The van der Waals surface area contributed by atoms with Crippen molar-refractivity contribution in [2.45, 2.75) is 12.7 Å². The van der Waals surface area contributed by atoms with Crippen LogP contribution in [0.1, 0.15) is 27.0 Å². The summed E-state index contributed by atoms with van der Waals surface area (Å²) in [5.41, 5.74) is 2.43. The first kappa shape index (κ1) is 24.0. The number of benzene rings is 3. The molecule has 33 heavy (non-hydrogen) atoms. The molecule has 0 spiro atoms. The molecule has 0 bridgehead atoms. The first-order valence-electron chi connectivity index (χ1n) is 9.67. The molecule has 0 radical (unpaired) electrons. The van der Waals surface area contributed by atoms with Crippen molar-refractivity contribution in [3.8, 4) is 0 Å². The van der Waals surface area contributed by atoms with Crippen molar-refractivity contribution < 1.29 is 26.4 Å². The molecule has 0 atom stereocenters. The van der Waals surface area contributed by atoms with E-state index in [0.29, 0.717) is 5.69 Å². The van der Waals surface area contributed by atoms with Crippen LogP contribution in [0.4, 0.5) is 18.9 Å². The van der Waals surface area contributed by atoms with Gasteiger partial charge in [0.15, 0.2) is 0 Å². The molecule has 1 N–H and O–H groups in total. The fourth-order valence-corrected chi connectivity index (χ4v) is 3.91. The Labute approximate surface area is 189 Å². The zero-order valence-electron chi connectivity index (χ0n) is 17.5. The van der Waals surface area contributed by atoms with Crippen LogP contribution in [0.25, 0.3) is 0 Å². The lowest BCUT2D eigenvalue weighted by molar-refractivity contribution is -0.137. The second-order valence-electron chi connectivity index (χ2n) is 7.09. The van der Waals surface area contributed by atoms with E-state index >= 15 is 0 Å². The Balaban J connectivity index is 1.73. The largest absolute Gasteiger partial charge is 0.417 e. The summed E-state index contributed by atoms with van der Waals surface area (Å²) in [7, 11) is -3.59. The predicted molar refractivity (Wildman–Crippen MR) is 120 cm³/mol. The number of sulfonamides is 1. The highest BCUT2D eigenvalue weighted by atomic mass is 32.2. The summed E-state index contributed by atoms with van der Waals surface area (Å²) < 4.78 is 64.8. The zero-order chi connectivity index (χ0) is 24.1. The third kappa shape index (κ3) is 6.42. The number of nitrogens with one attached hydrogen (secondary N) is 1. The minimum atomic E-state index is -4.55. The van der Waals surface area contributed by atoms with Crippen molar-refractivity contribution in [3.63, 3.8) is 0 Å². The zero-order valence-corrected chi connectivity index (χ0v) is 18.3. The van der Waals surface area contributed by atoms with Gasteiger partial charge in [0.1, 0.15) is 0 Å². The summed E-state index contributed by atoms with van der Waals surface area (Å²) >= 11 is 0. The molecule has 3 aromatic carbocycles. The minimum Gasteiger partial charge on any atom is -0.267 e. The Morgan fingerprint density at radius 3 is 2.18 bits per heavy atom. The highest BCUT2D eigenvalue weighted by molar-refractivity contribution is 7.92. The normalized spacial score (nSPS) is 12.0. The first-order valence-corrected chi connectivity index (χ1v) is 11.5. The quantitative estimate of drug-likeness (QED) is 0.406. The molecule has 3 aromatic rings. The van der Waals surface area contributed by atoms with Gasteiger partial charge in [-0.1, -0.05) is 48.5 Å². The van der Waals surface area contributed by atoms with E-state index < -0.39 is 27.7 Å². The van der Waals surface area contributed by atoms with Gasteiger partial charge < -0.3 is 0 Å². The Morgan fingerprint density at radius 2 is 1.58 bits per heavy atom. The Hall–Kier alpha value is -3.66. The molecule has 0 aliphatic heterocycles. The van der Waals surface area contributed by atoms with E-state index in [0.717, 1.165) is 24.1 Å². The SMILES string of the molecule is CS(=O)(=O)N(Cc1ccccc1)c1ccc(C(=O)NN=Cc2ccccc2C(F)(F)F)cc1. The standard InChI is InChI=1S/C23H20F3N3O3S/c1-33(31,32)29(16-17-7-3-2-4-8-17)20-13-11-18(12-14-20)22(30)28-27-15-19-9-5-6-10-21(19)23(24,25)26/h2-15H,16H2,1H3,(H,28,30). The summed E-state index contributed by atoms with van der Waals surface area (Å²) in [4.78, 5) is 12.3. The first-order chi connectivity index (χ1) is 15.6. The summed E-state index contributed by atoms with van der Waals surface area (Å²) in [5.74, 6) is -0.656. The van der Waals surface area contributed by atoms with Gasteiger partial charge in [-0.05, 0) is 35.9 Å². The van der Waals surface area contributed by atoms with Gasteiger partial charge in [-0.2, -0.15) is 18.3 Å². The summed E-state index contributed by atoms with van der Waals surface area (Å²) in [6, 6.07) is 19.6. The maximum Gasteiger partial charge on any atom is 0.417 e. The molecule has 0 heterocycles. The predicted octanol–water partition coefficient (Wildman–Crippen LogP) is 4.44. The van der Waals surface area contributed by atoms with E-state index in [1.807, 2.05) is 6.07 Å². The van der Waals surface area contributed by atoms with E-state index in [1.54, 1.807) is 24.3 Å². The van der Waals surface area contributed by atoms with E-state index in [-0.39, 0.29) is 17.7 Å². The van der Waals surface area contributed by atoms with Crippen LogP contribution in [-0.2, 0) is 22.7 Å². The van der Waals surface area contributed by atoms with Crippen LogP contribution < -0.4 is 9.73 Å². The molecule has 0 fully saturated rings. The third-order valence-electron chi connectivity index (χ3n) is 4.62. The fourth-order valence-electron chi connectivity index (χ4n) is 3.02. The van der Waals surface area contributed by atoms with Gasteiger partial charge in [0, 0.05) is 11.1 Å². The monoisotopic (exact) mass is 475 g/mol. The number of alkyl halides is 3. The lowest BCUT2D eigenvalue weighted by atomic mass is 10.1. The third-order valence-corrected chi connectivity index (χ3v) is 5.76. The maximum atomic E-state index is 13.0. The van der Waals surface area contributed by atoms with Crippen molar-refractivity contribution >= 4 is 27.8 Å². The van der Waals surface area contributed by atoms with E-state index in [9.17, 15) is 26.4 Å². The number of hydrazone groups is 1. The lowest BCUT2D eigenvalue weighted by Crippen LogP contribution is -2.29. The van der Waals surface area contributed by atoms with Crippen LogP contribution in [-0.4, -0.2) is 26.8 Å². The smallest absolute Gasteiger partial charge is 0.267 e. The number of carbonyl (C=O) groups excluding carboxylic acids is 1. The van der Waals surface area contributed by atoms with E-state index in [4.69, 9.17) is 0 Å². The van der Waals surface area contributed by atoms with Crippen molar-refractivity contribution in [2.75, 3.05) is 10.6 Å². The molecule has 0 saturated carbocycles. The van der Waals surface area contributed by atoms with Crippen LogP contribution in [0.3, 0.4) is 0 Å². The Kier molecular flexibility index (Phi) is 7.17. The molecule has 3 rings (SSSR count). The molecule has 0 aromatic heterocycles. The van der Waals surface area contributed by atoms with Crippen molar-refractivity contribution in [3.05, 3.63) is 101 Å². The topological polar surface area (TPSA) is 78.8 Å². The van der Waals surface area contributed by atoms with Crippen molar-refractivity contribution in [1.29, 1.82) is 0 Å². The number of rotatable bonds is 7. The average Bonchev–Trinajstić information content (AvgIpc) is 2.77. The summed E-state index contributed by atoms with van der Waals surface area (Å²) in [6.45, 7) is 0.119. The number of carbonyl (C=O) groups is 1. The average molecular weight is 475 g/mol. The van der Waals surface area contributed by atoms with Gasteiger partial charge in [-0.3, -0.25) is 9.10 Å². The van der Waals surface area contributed by atoms with Gasteiger partial charge in [0.05, 0.1) is 30.3 Å². The van der Waals surface area contributed by atoms with Crippen LogP contribution >= 0.6 is 0 Å². The number of hydrogen-bond acceptors (Lipinski definition) is 4. The van der Waals surface area contributed by atoms with Gasteiger partial charge in [-0.25, -0.2) is 13.8 Å². The number of halogens is 3. The fraction of sp³-hybridized carbons (Fsp3) is 0.130. The van der Waals surface area contributed by atoms with Crippen molar-refractivity contribution in [1.82, 2.24) is 5.43 Å².